The Bertz CT molecular complexity index is 635. The maximum Gasteiger partial charge on any atom is 0.308 e. The number of fused-ring (bicyclic) bond motifs is 1. The topological polar surface area (TPSA) is 55.8 Å². The van der Waals surface area contributed by atoms with Crippen LogP contribution in [0.4, 0.5) is 0 Å². The van der Waals surface area contributed by atoms with Gasteiger partial charge in [-0.15, -0.1) is 0 Å². The molecule has 4 nitrogen and oxygen atoms in total. The second-order valence-electron chi connectivity index (χ2n) is 12.3. The molecule has 3 rings (SSSR count). The Morgan fingerprint density at radius 2 is 1.88 bits per heavy atom. The van der Waals surface area contributed by atoms with Crippen LogP contribution in [-0.4, -0.2) is 30.1 Å². The van der Waals surface area contributed by atoms with E-state index in [1.165, 1.54) is 64.2 Å². The fraction of sp³-hybridized carbons (Fsp3) is 0.967. The largest absolute Gasteiger partial charge is 0.436 e. The molecule has 3 aliphatic carbocycles. The Labute approximate surface area is 209 Å². The number of hydrogen-bond donors (Lipinski definition) is 1. The third kappa shape index (κ3) is 6.58. The molecular formula is C30H54O4. The molecule has 198 valence electrons. The summed E-state index contributed by atoms with van der Waals surface area (Å²) >= 11 is 0. The zero-order valence-corrected chi connectivity index (χ0v) is 22.9. The first kappa shape index (κ1) is 28.0. The van der Waals surface area contributed by atoms with Gasteiger partial charge in [-0.25, -0.2) is 0 Å². The molecule has 3 saturated carbocycles. The third-order valence-corrected chi connectivity index (χ3v) is 10.5. The van der Waals surface area contributed by atoms with Crippen molar-refractivity contribution in [3.05, 3.63) is 0 Å². The van der Waals surface area contributed by atoms with Gasteiger partial charge in [0.2, 0.25) is 0 Å². The SMILES string of the molecule is CCCCC1C(C2CCC(CC)(CCCC(=O)OC(C)OCC)C2)CCC2CC(O)CCC21C. The first-order chi connectivity index (χ1) is 16.3. The molecule has 0 aromatic carbocycles. The fourth-order valence-corrected chi connectivity index (χ4v) is 8.41. The molecule has 3 fully saturated rings. The molecule has 0 saturated heterocycles. The molecule has 0 radical (unpaired) electrons. The van der Waals surface area contributed by atoms with Crippen molar-refractivity contribution in [2.45, 2.75) is 143 Å². The Morgan fingerprint density at radius 1 is 1.09 bits per heavy atom. The van der Waals surface area contributed by atoms with Crippen molar-refractivity contribution in [3.8, 4) is 0 Å². The normalized spacial score (nSPS) is 38.9. The zero-order valence-electron chi connectivity index (χ0n) is 22.9. The minimum Gasteiger partial charge on any atom is -0.436 e. The van der Waals surface area contributed by atoms with Crippen LogP contribution in [0.25, 0.3) is 0 Å². The lowest BCUT2D eigenvalue weighted by Crippen LogP contribution is -2.49. The highest BCUT2D eigenvalue weighted by molar-refractivity contribution is 5.69. The Hall–Kier alpha value is -0.610. The van der Waals surface area contributed by atoms with E-state index in [9.17, 15) is 9.90 Å². The molecule has 0 bridgehead atoms. The molecule has 0 amide bonds. The average Bonchev–Trinajstić information content (AvgIpc) is 3.22. The van der Waals surface area contributed by atoms with Gasteiger partial charge in [-0.3, -0.25) is 4.79 Å². The highest BCUT2D eigenvalue weighted by atomic mass is 16.7. The van der Waals surface area contributed by atoms with E-state index in [2.05, 4.69) is 20.8 Å². The van der Waals surface area contributed by atoms with Crippen molar-refractivity contribution in [1.29, 1.82) is 0 Å². The Morgan fingerprint density at radius 3 is 2.59 bits per heavy atom. The van der Waals surface area contributed by atoms with Crippen LogP contribution in [0.3, 0.4) is 0 Å². The summed E-state index contributed by atoms with van der Waals surface area (Å²) in [6.07, 6.45) is 17.3. The predicted molar refractivity (Wildman–Crippen MR) is 138 cm³/mol. The van der Waals surface area contributed by atoms with Crippen LogP contribution in [0.2, 0.25) is 0 Å². The second kappa shape index (κ2) is 12.6. The van der Waals surface area contributed by atoms with Gasteiger partial charge in [-0.2, -0.15) is 0 Å². The van der Waals surface area contributed by atoms with Crippen LogP contribution in [0.5, 0.6) is 0 Å². The lowest BCUT2D eigenvalue weighted by atomic mass is 9.49. The lowest BCUT2D eigenvalue weighted by Gasteiger charge is -2.56. The number of ether oxygens (including phenoxy) is 2. The molecule has 0 aromatic heterocycles. The van der Waals surface area contributed by atoms with E-state index in [0.29, 0.717) is 23.9 Å². The number of esters is 1. The van der Waals surface area contributed by atoms with E-state index >= 15 is 0 Å². The molecular weight excluding hydrogens is 424 g/mol. The third-order valence-electron chi connectivity index (χ3n) is 10.5. The van der Waals surface area contributed by atoms with Crippen LogP contribution in [0.15, 0.2) is 0 Å². The highest BCUT2D eigenvalue weighted by Crippen LogP contribution is 2.61. The fourth-order valence-electron chi connectivity index (χ4n) is 8.41. The van der Waals surface area contributed by atoms with Gasteiger partial charge in [-0.05, 0) is 119 Å². The minimum atomic E-state index is -0.439. The second-order valence-corrected chi connectivity index (χ2v) is 12.3. The molecule has 0 aliphatic heterocycles. The van der Waals surface area contributed by atoms with Crippen molar-refractivity contribution >= 4 is 5.97 Å². The number of aliphatic hydroxyl groups excluding tert-OH is 1. The number of unbranched alkanes of at least 4 members (excludes halogenated alkanes) is 1. The van der Waals surface area contributed by atoms with Crippen LogP contribution < -0.4 is 0 Å². The Balaban J connectivity index is 1.60. The minimum absolute atomic E-state index is 0.0658. The average molecular weight is 479 g/mol. The number of rotatable bonds is 12. The first-order valence-electron chi connectivity index (χ1n) is 14.8. The summed E-state index contributed by atoms with van der Waals surface area (Å²) in [5.74, 6) is 3.13. The zero-order chi connectivity index (χ0) is 24.8. The van der Waals surface area contributed by atoms with Gasteiger partial charge in [0.15, 0.2) is 6.29 Å². The maximum atomic E-state index is 12.2. The Kier molecular flexibility index (Phi) is 10.3. The predicted octanol–water partition coefficient (Wildman–Crippen LogP) is 7.66. The van der Waals surface area contributed by atoms with Gasteiger partial charge in [0.1, 0.15) is 0 Å². The molecule has 8 atom stereocenters. The van der Waals surface area contributed by atoms with Gasteiger partial charge in [0, 0.05) is 13.0 Å². The van der Waals surface area contributed by atoms with Crippen LogP contribution >= 0.6 is 0 Å². The summed E-state index contributed by atoms with van der Waals surface area (Å²) in [4.78, 5) is 12.2. The van der Waals surface area contributed by atoms with Gasteiger partial charge < -0.3 is 14.6 Å². The summed E-state index contributed by atoms with van der Waals surface area (Å²) < 4.78 is 10.7. The molecule has 3 aliphatic rings. The lowest BCUT2D eigenvalue weighted by molar-refractivity contribution is -0.174. The van der Waals surface area contributed by atoms with Crippen molar-refractivity contribution in [3.63, 3.8) is 0 Å². The van der Waals surface area contributed by atoms with Crippen LogP contribution in [0, 0.1) is 34.5 Å². The first-order valence-corrected chi connectivity index (χ1v) is 14.8. The molecule has 0 spiro atoms. The maximum absolute atomic E-state index is 12.2. The highest BCUT2D eigenvalue weighted by Gasteiger charge is 2.53. The molecule has 8 unspecified atom stereocenters. The standard InChI is InChI=1S/C30H54O4/c1-6-9-11-27-26(14-13-24-20-25(31)16-18-29(24,27)5)23-15-19-30(7-2,21-23)17-10-12-28(32)34-22(4)33-8-3/h22-27,31H,6-21H2,1-5H3. The van der Waals surface area contributed by atoms with Crippen molar-refractivity contribution < 1.29 is 19.4 Å². The van der Waals surface area contributed by atoms with E-state index in [4.69, 9.17) is 9.47 Å². The molecule has 1 N–H and O–H groups in total. The smallest absolute Gasteiger partial charge is 0.308 e. The van der Waals surface area contributed by atoms with Gasteiger partial charge in [-0.1, -0.05) is 40.0 Å². The van der Waals surface area contributed by atoms with E-state index < -0.39 is 6.29 Å². The molecule has 34 heavy (non-hydrogen) atoms. The van der Waals surface area contributed by atoms with E-state index in [1.54, 1.807) is 6.92 Å². The molecule has 0 aromatic rings. The van der Waals surface area contributed by atoms with Crippen molar-refractivity contribution in [2.75, 3.05) is 6.61 Å². The van der Waals surface area contributed by atoms with Gasteiger partial charge in [0.05, 0.1) is 6.10 Å². The summed E-state index contributed by atoms with van der Waals surface area (Å²) in [6.45, 7) is 11.6. The monoisotopic (exact) mass is 478 g/mol. The van der Waals surface area contributed by atoms with Gasteiger partial charge >= 0.3 is 5.97 Å². The van der Waals surface area contributed by atoms with Crippen LogP contribution in [-0.2, 0) is 14.3 Å². The van der Waals surface area contributed by atoms with Crippen molar-refractivity contribution in [1.82, 2.24) is 0 Å². The summed E-state index contributed by atoms with van der Waals surface area (Å²) in [6, 6.07) is 0. The number of hydrogen-bond acceptors (Lipinski definition) is 4. The van der Waals surface area contributed by atoms with E-state index in [0.717, 1.165) is 49.4 Å². The number of carbonyl (C=O) groups is 1. The quantitative estimate of drug-likeness (QED) is 0.231. The van der Waals surface area contributed by atoms with Crippen LogP contribution in [0.1, 0.15) is 131 Å². The van der Waals surface area contributed by atoms with E-state index in [-0.39, 0.29) is 12.1 Å². The summed E-state index contributed by atoms with van der Waals surface area (Å²) in [5, 5.41) is 10.4. The summed E-state index contributed by atoms with van der Waals surface area (Å²) in [5.41, 5.74) is 0.835. The van der Waals surface area contributed by atoms with E-state index in [1.807, 2.05) is 6.92 Å². The number of aliphatic hydroxyl groups is 1. The van der Waals surface area contributed by atoms with Crippen molar-refractivity contribution in [2.24, 2.45) is 34.5 Å². The number of carbonyl (C=O) groups excluding carboxylic acids is 1. The molecule has 0 heterocycles. The summed E-state index contributed by atoms with van der Waals surface area (Å²) in [7, 11) is 0. The van der Waals surface area contributed by atoms with Gasteiger partial charge in [0.25, 0.3) is 0 Å². The molecule has 4 heteroatoms.